The van der Waals surface area contributed by atoms with Crippen LogP contribution in [0, 0.1) is 0 Å². The molecule has 0 spiro atoms. The Bertz CT molecular complexity index is 405. The maximum absolute atomic E-state index is 11.2. The Morgan fingerprint density at radius 1 is 1.25 bits per heavy atom. The third-order valence-corrected chi connectivity index (χ3v) is 3.61. The van der Waals surface area contributed by atoms with Gasteiger partial charge >= 0.3 is 12.1 Å². The second-order valence-corrected chi connectivity index (χ2v) is 5.43. The van der Waals surface area contributed by atoms with Gasteiger partial charge in [-0.05, 0) is 0 Å². The number of aliphatic carboxylic acids is 1. The Hall–Kier alpha value is -1.35. The molecule has 0 aliphatic carbocycles. The summed E-state index contributed by atoms with van der Waals surface area (Å²) in [5, 5.41) is 17.6. The van der Waals surface area contributed by atoms with Gasteiger partial charge < -0.3 is 10.2 Å². The van der Waals surface area contributed by atoms with E-state index in [9.17, 15) is 18.0 Å². The van der Waals surface area contributed by atoms with Gasteiger partial charge in [-0.25, -0.2) is 18.0 Å². The zero-order chi connectivity index (χ0) is 12.5. The molecule has 1 unspecified atom stereocenters. The lowest BCUT2D eigenvalue weighted by molar-refractivity contribution is -0.143. The molecule has 1 atom stereocenters. The number of carboxylic acid groups (broad SMARTS) is 2. The molecule has 0 aromatic rings. The first-order chi connectivity index (χ1) is 7.23. The minimum atomic E-state index is -3.49. The number of hydrogen-bond acceptors (Lipinski definition) is 4. The molecule has 0 saturated carbocycles. The maximum atomic E-state index is 11.2. The molecule has 1 aliphatic heterocycles. The molecule has 2 N–H and O–H groups in total. The number of rotatable bonds is 2. The lowest BCUT2D eigenvalue weighted by Crippen LogP contribution is -2.58. The first-order valence-electron chi connectivity index (χ1n) is 4.41. The lowest BCUT2D eigenvalue weighted by atomic mass is 10.2. The van der Waals surface area contributed by atoms with Gasteiger partial charge in [0, 0.05) is 19.6 Å². The van der Waals surface area contributed by atoms with Gasteiger partial charge in [0.2, 0.25) is 10.0 Å². The molecular weight excluding hydrogens is 240 g/mol. The van der Waals surface area contributed by atoms with E-state index in [1.807, 2.05) is 0 Å². The molecule has 1 saturated heterocycles. The van der Waals surface area contributed by atoms with Crippen LogP contribution < -0.4 is 0 Å². The van der Waals surface area contributed by atoms with Crippen molar-refractivity contribution in [1.29, 1.82) is 0 Å². The zero-order valence-corrected chi connectivity index (χ0v) is 9.35. The van der Waals surface area contributed by atoms with Gasteiger partial charge in [-0.2, -0.15) is 4.31 Å². The highest BCUT2D eigenvalue weighted by Crippen LogP contribution is 2.13. The Morgan fingerprint density at radius 2 is 1.81 bits per heavy atom. The van der Waals surface area contributed by atoms with Crippen molar-refractivity contribution >= 4 is 22.1 Å². The normalized spacial score (nSPS) is 23.1. The second-order valence-electron chi connectivity index (χ2n) is 3.45. The van der Waals surface area contributed by atoms with Crippen molar-refractivity contribution in [3.05, 3.63) is 0 Å². The first-order valence-corrected chi connectivity index (χ1v) is 6.26. The Labute approximate surface area is 92.1 Å². The molecule has 92 valence electrons. The molecule has 1 heterocycles. The monoisotopic (exact) mass is 252 g/mol. The number of hydrogen-bond donors (Lipinski definition) is 2. The van der Waals surface area contributed by atoms with Crippen molar-refractivity contribution in [3.63, 3.8) is 0 Å². The molecular formula is C7H12N2O6S. The summed E-state index contributed by atoms with van der Waals surface area (Å²) in [4.78, 5) is 22.3. The summed E-state index contributed by atoms with van der Waals surface area (Å²) in [5.41, 5.74) is 0. The van der Waals surface area contributed by atoms with E-state index >= 15 is 0 Å². The number of sulfonamides is 1. The van der Waals surface area contributed by atoms with Gasteiger partial charge in [-0.1, -0.05) is 0 Å². The Kier molecular flexibility index (Phi) is 3.38. The summed E-state index contributed by atoms with van der Waals surface area (Å²) in [6.07, 6.45) is -0.400. The van der Waals surface area contributed by atoms with E-state index in [-0.39, 0.29) is 19.6 Å². The molecule has 1 fully saturated rings. The molecule has 9 heteroatoms. The van der Waals surface area contributed by atoms with Crippen LogP contribution in [0.4, 0.5) is 4.79 Å². The summed E-state index contributed by atoms with van der Waals surface area (Å²) < 4.78 is 23.4. The average Bonchev–Trinajstić information content (AvgIpc) is 2.15. The van der Waals surface area contributed by atoms with Crippen LogP contribution in [0.3, 0.4) is 0 Å². The van der Waals surface area contributed by atoms with Gasteiger partial charge in [-0.3, -0.25) is 4.90 Å². The Morgan fingerprint density at radius 3 is 2.19 bits per heavy atom. The highest BCUT2D eigenvalue weighted by atomic mass is 32.2. The standard InChI is InChI=1S/C7H12N2O6S/c1-16(14,15)8-2-3-9(7(12)13)5(4-8)6(10)11/h5H,2-4H2,1H3,(H,10,11)(H,12,13). The molecule has 0 radical (unpaired) electrons. The van der Waals surface area contributed by atoms with Crippen molar-refractivity contribution < 1.29 is 28.2 Å². The van der Waals surface area contributed by atoms with Crippen LogP contribution in [-0.4, -0.2) is 71.8 Å². The highest BCUT2D eigenvalue weighted by Gasteiger charge is 2.38. The fourth-order valence-corrected chi connectivity index (χ4v) is 2.32. The third kappa shape index (κ3) is 2.61. The largest absolute Gasteiger partial charge is 0.480 e. The lowest BCUT2D eigenvalue weighted by Gasteiger charge is -2.36. The van der Waals surface area contributed by atoms with Gasteiger partial charge in [0.05, 0.1) is 6.26 Å². The average molecular weight is 252 g/mol. The predicted molar refractivity (Wildman–Crippen MR) is 52.6 cm³/mol. The van der Waals surface area contributed by atoms with E-state index in [2.05, 4.69) is 0 Å². The van der Waals surface area contributed by atoms with Crippen LogP contribution in [0.25, 0.3) is 0 Å². The molecule has 0 aromatic carbocycles. The summed E-state index contributed by atoms with van der Waals surface area (Å²) in [5.74, 6) is -1.35. The summed E-state index contributed by atoms with van der Waals surface area (Å²) in [6, 6.07) is -1.35. The van der Waals surface area contributed by atoms with Crippen molar-refractivity contribution in [1.82, 2.24) is 9.21 Å². The highest BCUT2D eigenvalue weighted by molar-refractivity contribution is 7.88. The van der Waals surface area contributed by atoms with Crippen molar-refractivity contribution in [2.45, 2.75) is 6.04 Å². The minimum absolute atomic E-state index is 0.0189. The van der Waals surface area contributed by atoms with E-state index in [1.54, 1.807) is 0 Å². The molecule has 1 rings (SSSR count). The van der Waals surface area contributed by atoms with E-state index < -0.39 is 28.1 Å². The van der Waals surface area contributed by atoms with Crippen LogP contribution in [0.15, 0.2) is 0 Å². The quantitative estimate of drug-likeness (QED) is 0.630. The van der Waals surface area contributed by atoms with Crippen molar-refractivity contribution in [2.75, 3.05) is 25.9 Å². The van der Waals surface area contributed by atoms with Crippen LogP contribution in [-0.2, 0) is 14.8 Å². The smallest absolute Gasteiger partial charge is 0.408 e. The summed E-state index contributed by atoms with van der Waals surface area (Å²) in [7, 11) is -3.49. The fourth-order valence-electron chi connectivity index (χ4n) is 1.50. The van der Waals surface area contributed by atoms with Gasteiger partial charge in [0.25, 0.3) is 0 Å². The summed E-state index contributed by atoms with van der Waals surface area (Å²) >= 11 is 0. The summed E-state index contributed by atoms with van der Waals surface area (Å²) in [6.45, 7) is -0.505. The molecule has 16 heavy (non-hydrogen) atoms. The van der Waals surface area contributed by atoms with Crippen molar-refractivity contribution in [3.8, 4) is 0 Å². The molecule has 0 aromatic heterocycles. The van der Waals surface area contributed by atoms with E-state index in [1.165, 1.54) is 0 Å². The molecule has 8 nitrogen and oxygen atoms in total. The number of carbonyl (C=O) groups is 2. The van der Waals surface area contributed by atoms with Crippen molar-refractivity contribution in [2.24, 2.45) is 0 Å². The molecule has 1 amide bonds. The molecule has 1 aliphatic rings. The van der Waals surface area contributed by atoms with Gasteiger partial charge in [-0.15, -0.1) is 0 Å². The minimum Gasteiger partial charge on any atom is -0.480 e. The van der Waals surface area contributed by atoms with Crippen LogP contribution in [0.1, 0.15) is 0 Å². The van der Waals surface area contributed by atoms with E-state index in [0.717, 1.165) is 15.5 Å². The molecule has 0 bridgehead atoms. The SMILES string of the molecule is CS(=O)(=O)N1CCN(C(=O)O)C(C(=O)O)C1. The topological polar surface area (TPSA) is 115 Å². The maximum Gasteiger partial charge on any atom is 0.408 e. The predicted octanol–water partition coefficient (Wildman–Crippen LogP) is -1.31. The van der Waals surface area contributed by atoms with Crippen LogP contribution in [0.5, 0.6) is 0 Å². The first kappa shape index (κ1) is 12.7. The zero-order valence-electron chi connectivity index (χ0n) is 8.53. The van der Waals surface area contributed by atoms with Crippen LogP contribution >= 0.6 is 0 Å². The number of nitrogens with zero attached hydrogens (tertiary/aromatic N) is 2. The fraction of sp³-hybridized carbons (Fsp3) is 0.714. The number of amides is 1. The second kappa shape index (κ2) is 4.26. The third-order valence-electron chi connectivity index (χ3n) is 2.34. The van der Waals surface area contributed by atoms with Gasteiger partial charge in [0.1, 0.15) is 6.04 Å². The number of carboxylic acids is 1. The van der Waals surface area contributed by atoms with Crippen LogP contribution in [0.2, 0.25) is 0 Å². The van der Waals surface area contributed by atoms with E-state index in [0.29, 0.717) is 0 Å². The van der Waals surface area contributed by atoms with E-state index in [4.69, 9.17) is 10.2 Å². The Balaban J connectivity index is 2.89. The number of piperazine rings is 1. The van der Waals surface area contributed by atoms with Gasteiger partial charge in [0.15, 0.2) is 0 Å².